The number of aromatic amines is 1. The molecule has 7 nitrogen and oxygen atoms in total. The number of nitrogens with one attached hydrogen (secondary N) is 3. The normalized spacial score (nSPS) is 18.7. The number of hydrogen-bond acceptors (Lipinski definition) is 6. The molecule has 2 aromatic carbocycles. The second-order valence-corrected chi connectivity index (χ2v) is 8.20. The van der Waals surface area contributed by atoms with Crippen molar-refractivity contribution in [1.29, 1.82) is 0 Å². The molecule has 1 saturated carbocycles. The third-order valence-corrected chi connectivity index (χ3v) is 5.90. The van der Waals surface area contributed by atoms with E-state index in [1.807, 2.05) is 18.3 Å². The fourth-order valence-corrected chi connectivity index (χ4v) is 4.12. The first-order valence-corrected chi connectivity index (χ1v) is 10.9. The lowest BCUT2D eigenvalue weighted by molar-refractivity contribution is 0.410. The van der Waals surface area contributed by atoms with Crippen LogP contribution >= 0.6 is 0 Å². The molecule has 0 amide bonds. The Hall–Kier alpha value is -3.45. The molecule has 5 rings (SSSR count). The minimum atomic E-state index is 0.328. The molecule has 5 N–H and O–H groups in total. The number of aromatic nitrogens is 4. The third-order valence-electron chi connectivity index (χ3n) is 5.90. The van der Waals surface area contributed by atoms with Crippen LogP contribution in [0, 0.1) is 0 Å². The topological polar surface area (TPSA) is 105 Å². The number of anilines is 2. The van der Waals surface area contributed by atoms with Gasteiger partial charge in [-0.25, -0.2) is 4.98 Å². The highest BCUT2D eigenvalue weighted by atomic mass is 15.2. The molecule has 0 spiro atoms. The van der Waals surface area contributed by atoms with Gasteiger partial charge in [0.1, 0.15) is 5.69 Å². The zero-order valence-corrected chi connectivity index (χ0v) is 17.4. The molecule has 1 fully saturated rings. The first-order valence-electron chi connectivity index (χ1n) is 10.9. The molecule has 1 aliphatic carbocycles. The number of hydrogen-bond donors (Lipinski definition) is 4. The van der Waals surface area contributed by atoms with Crippen LogP contribution in [0.1, 0.15) is 31.2 Å². The van der Waals surface area contributed by atoms with E-state index >= 15 is 0 Å². The SMILES string of the molecule is NC1CCC(Nc2ncc3c(-c4cccc(NCc5ccccc5)c4)n[nH]c3n2)CC1. The average Bonchev–Trinajstić information content (AvgIpc) is 3.23. The number of rotatable bonds is 6. The Kier molecular flexibility index (Phi) is 5.50. The van der Waals surface area contributed by atoms with Gasteiger partial charge in [-0.05, 0) is 43.4 Å². The van der Waals surface area contributed by atoms with Crippen molar-refractivity contribution in [2.45, 2.75) is 44.3 Å². The molecule has 158 valence electrons. The lowest BCUT2D eigenvalue weighted by Crippen LogP contribution is -2.33. The van der Waals surface area contributed by atoms with E-state index in [-0.39, 0.29) is 0 Å². The Morgan fingerprint density at radius 2 is 1.84 bits per heavy atom. The van der Waals surface area contributed by atoms with E-state index in [9.17, 15) is 0 Å². The summed E-state index contributed by atoms with van der Waals surface area (Å²) in [4.78, 5) is 9.19. The summed E-state index contributed by atoms with van der Waals surface area (Å²) >= 11 is 0. The zero-order chi connectivity index (χ0) is 21.0. The molecule has 7 heteroatoms. The predicted molar refractivity (Wildman–Crippen MR) is 125 cm³/mol. The van der Waals surface area contributed by atoms with E-state index in [4.69, 9.17) is 5.73 Å². The summed E-state index contributed by atoms with van der Waals surface area (Å²) in [7, 11) is 0. The van der Waals surface area contributed by atoms with Crippen LogP contribution in [0.3, 0.4) is 0 Å². The van der Waals surface area contributed by atoms with Gasteiger partial charge in [-0.3, -0.25) is 5.10 Å². The zero-order valence-electron chi connectivity index (χ0n) is 17.4. The molecule has 0 radical (unpaired) electrons. The fraction of sp³-hybridized carbons (Fsp3) is 0.292. The minimum absolute atomic E-state index is 0.328. The van der Waals surface area contributed by atoms with Crippen LogP contribution < -0.4 is 16.4 Å². The predicted octanol–water partition coefficient (Wildman–Crippen LogP) is 4.31. The Morgan fingerprint density at radius 1 is 1.00 bits per heavy atom. The maximum absolute atomic E-state index is 6.01. The maximum Gasteiger partial charge on any atom is 0.224 e. The van der Waals surface area contributed by atoms with E-state index in [2.05, 4.69) is 73.3 Å². The Balaban J connectivity index is 1.32. The highest BCUT2D eigenvalue weighted by molar-refractivity contribution is 5.91. The van der Waals surface area contributed by atoms with Crippen LogP contribution in [0.15, 0.2) is 60.8 Å². The lowest BCUT2D eigenvalue weighted by atomic mass is 9.92. The van der Waals surface area contributed by atoms with Crippen LogP contribution in [0.5, 0.6) is 0 Å². The highest BCUT2D eigenvalue weighted by Crippen LogP contribution is 2.28. The van der Waals surface area contributed by atoms with E-state index < -0.39 is 0 Å². The molecular weight excluding hydrogens is 386 g/mol. The maximum atomic E-state index is 6.01. The van der Waals surface area contributed by atoms with E-state index in [1.165, 1.54) is 5.56 Å². The second kappa shape index (κ2) is 8.73. The number of nitrogens with two attached hydrogens (primary N) is 1. The largest absolute Gasteiger partial charge is 0.381 e. The monoisotopic (exact) mass is 413 g/mol. The number of H-pyrrole nitrogens is 1. The van der Waals surface area contributed by atoms with E-state index in [0.29, 0.717) is 18.0 Å². The van der Waals surface area contributed by atoms with Gasteiger partial charge in [-0.2, -0.15) is 10.1 Å². The molecule has 0 bridgehead atoms. The van der Waals surface area contributed by atoms with Crippen molar-refractivity contribution >= 4 is 22.7 Å². The first kappa shape index (κ1) is 19.5. The van der Waals surface area contributed by atoms with Crippen molar-refractivity contribution < 1.29 is 0 Å². The molecule has 31 heavy (non-hydrogen) atoms. The van der Waals surface area contributed by atoms with Crippen molar-refractivity contribution in [3.8, 4) is 11.3 Å². The summed E-state index contributed by atoms with van der Waals surface area (Å²) in [5.41, 5.74) is 10.9. The van der Waals surface area contributed by atoms with Gasteiger partial charge >= 0.3 is 0 Å². The van der Waals surface area contributed by atoms with Gasteiger partial charge in [0.25, 0.3) is 0 Å². The summed E-state index contributed by atoms with van der Waals surface area (Å²) in [6.07, 6.45) is 6.05. The van der Waals surface area contributed by atoms with Crippen LogP contribution in [0.25, 0.3) is 22.3 Å². The van der Waals surface area contributed by atoms with Crippen molar-refractivity contribution in [2.75, 3.05) is 10.6 Å². The third kappa shape index (κ3) is 4.51. The van der Waals surface area contributed by atoms with Crippen molar-refractivity contribution in [3.05, 3.63) is 66.4 Å². The quantitative estimate of drug-likeness (QED) is 0.375. The van der Waals surface area contributed by atoms with Crippen molar-refractivity contribution in [3.63, 3.8) is 0 Å². The number of fused-ring (bicyclic) bond motifs is 1. The summed E-state index contributed by atoms with van der Waals surface area (Å²) < 4.78 is 0. The first-order chi connectivity index (χ1) is 15.2. The number of benzene rings is 2. The molecule has 0 saturated heterocycles. The van der Waals surface area contributed by atoms with Gasteiger partial charge in [0.15, 0.2) is 5.65 Å². The summed E-state index contributed by atoms with van der Waals surface area (Å²) in [5, 5.41) is 15.4. The summed E-state index contributed by atoms with van der Waals surface area (Å²) in [6, 6.07) is 19.3. The molecule has 2 aromatic heterocycles. The molecule has 2 heterocycles. The van der Waals surface area contributed by atoms with Crippen LogP contribution in [0.2, 0.25) is 0 Å². The van der Waals surface area contributed by atoms with Gasteiger partial charge in [0, 0.05) is 36.1 Å². The van der Waals surface area contributed by atoms with Crippen LogP contribution in [0.4, 0.5) is 11.6 Å². The second-order valence-electron chi connectivity index (χ2n) is 8.20. The van der Waals surface area contributed by atoms with Gasteiger partial charge in [0.05, 0.1) is 5.39 Å². The summed E-state index contributed by atoms with van der Waals surface area (Å²) in [5.74, 6) is 0.640. The Morgan fingerprint density at radius 3 is 2.68 bits per heavy atom. The van der Waals surface area contributed by atoms with Crippen LogP contribution in [-0.4, -0.2) is 32.2 Å². The number of nitrogens with zero attached hydrogens (tertiary/aromatic N) is 3. The molecule has 0 atom stereocenters. The average molecular weight is 414 g/mol. The lowest BCUT2D eigenvalue weighted by Gasteiger charge is -2.26. The smallest absolute Gasteiger partial charge is 0.224 e. The standard InChI is InChI=1S/C24H27N7/c25-18-9-11-19(12-10-18)28-24-27-15-21-22(30-31-23(21)29-24)17-7-4-8-20(13-17)26-14-16-5-2-1-3-6-16/h1-8,13,15,18-19,26H,9-12,14,25H2,(H2,27,28,29,30,31). The van der Waals surface area contributed by atoms with Gasteiger partial charge in [-0.15, -0.1) is 0 Å². The Labute approximate surface area is 181 Å². The Bertz CT molecular complexity index is 1150. The van der Waals surface area contributed by atoms with Gasteiger partial charge in [0.2, 0.25) is 5.95 Å². The van der Waals surface area contributed by atoms with E-state index in [1.54, 1.807) is 0 Å². The van der Waals surface area contributed by atoms with Crippen molar-refractivity contribution in [1.82, 2.24) is 20.2 Å². The van der Waals surface area contributed by atoms with E-state index in [0.717, 1.165) is 60.2 Å². The van der Waals surface area contributed by atoms with Crippen molar-refractivity contribution in [2.24, 2.45) is 5.73 Å². The van der Waals surface area contributed by atoms with Gasteiger partial charge < -0.3 is 16.4 Å². The van der Waals surface area contributed by atoms with Gasteiger partial charge in [-0.1, -0.05) is 42.5 Å². The molecule has 4 aromatic rings. The molecule has 1 aliphatic rings. The minimum Gasteiger partial charge on any atom is -0.381 e. The van der Waals surface area contributed by atoms with Crippen LogP contribution in [-0.2, 0) is 6.54 Å². The molecule has 0 aliphatic heterocycles. The molecular formula is C24H27N7. The summed E-state index contributed by atoms with van der Waals surface area (Å²) in [6.45, 7) is 0.774. The fourth-order valence-electron chi connectivity index (χ4n) is 4.12. The molecule has 0 unspecified atom stereocenters. The highest BCUT2D eigenvalue weighted by Gasteiger charge is 2.19.